The van der Waals surface area contributed by atoms with Gasteiger partial charge in [-0.25, -0.2) is 4.98 Å². The minimum atomic E-state index is -4.40. The van der Waals surface area contributed by atoms with Gasteiger partial charge < -0.3 is 9.47 Å². The third kappa shape index (κ3) is 6.31. The lowest BCUT2D eigenvalue weighted by atomic mass is 10.0. The van der Waals surface area contributed by atoms with Crippen LogP contribution in [0.5, 0.6) is 0 Å². The van der Waals surface area contributed by atoms with Gasteiger partial charge in [0.05, 0.1) is 30.2 Å². The molecule has 2 heterocycles. The molecule has 1 unspecified atom stereocenters. The van der Waals surface area contributed by atoms with Gasteiger partial charge in [-0.3, -0.25) is 9.69 Å². The van der Waals surface area contributed by atoms with Crippen LogP contribution >= 0.6 is 0 Å². The first-order valence-electron chi connectivity index (χ1n) is 10.4. The summed E-state index contributed by atoms with van der Waals surface area (Å²) in [5, 5.41) is 8.94. The van der Waals surface area contributed by atoms with Gasteiger partial charge in [0.15, 0.2) is 0 Å². The lowest BCUT2D eigenvalue weighted by Gasteiger charge is -2.41. The van der Waals surface area contributed by atoms with E-state index in [0.29, 0.717) is 18.7 Å². The number of halogens is 3. The Balaban J connectivity index is 1.72. The van der Waals surface area contributed by atoms with Crippen LogP contribution in [0.1, 0.15) is 43.0 Å². The molecule has 0 aliphatic carbocycles. The van der Waals surface area contributed by atoms with Crippen LogP contribution in [0.15, 0.2) is 36.8 Å². The molecule has 0 spiro atoms. The quantitative estimate of drug-likeness (QED) is 0.639. The molecule has 0 bridgehead atoms. The molecule has 1 aromatic carbocycles. The summed E-state index contributed by atoms with van der Waals surface area (Å²) in [5.74, 6) is -0.497. The summed E-state index contributed by atoms with van der Waals surface area (Å²) < 4.78 is 40.6. The zero-order valence-corrected chi connectivity index (χ0v) is 17.5. The number of hydrogen-bond acceptors (Lipinski definition) is 4. The molecule has 31 heavy (non-hydrogen) atoms. The molecule has 1 amide bonds. The summed E-state index contributed by atoms with van der Waals surface area (Å²) in [4.78, 5) is 19.5. The number of hydrogen-bond donors (Lipinski definition) is 0. The minimum absolute atomic E-state index is 0.0352. The standard InChI is InChI=1S/C22H26F3N5O/c1-2-3-4-19-12-29(15-22(23,24)25)21(31)14-28(19)13-20-10-27-16-30(20)11-18-7-5-17(9-26)6-8-18/h5-8,10,16,19H,2-4,11-15H2,1H3. The Morgan fingerprint density at radius 3 is 2.61 bits per heavy atom. The fraction of sp³-hybridized carbons (Fsp3) is 0.500. The number of unbranched alkanes of at least 4 members (excludes halogenated alkanes) is 1. The number of carbonyl (C=O) groups excluding carboxylic acids is 1. The predicted octanol–water partition coefficient (Wildman–Crippen LogP) is 3.57. The zero-order valence-electron chi connectivity index (χ0n) is 17.5. The first kappa shape index (κ1) is 22.8. The second-order valence-electron chi connectivity index (χ2n) is 7.91. The van der Waals surface area contributed by atoms with E-state index in [1.165, 1.54) is 0 Å². The number of imidazole rings is 1. The topological polar surface area (TPSA) is 65.2 Å². The molecule has 9 heteroatoms. The van der Waals surface area contributed by atoms with Crippen molar-refractivity contribution in [3.05, 3.63) is 53.6 Å². The van der Waals surface area contributed by atoms with Crippen molar-refractivity contribution >= 4 is 5.91 Å². The van der Waals surface area contributed by atoms with E-state index in [9.17, 15) is 18.0 Å². The van der Waals surface area contributed by atoms with Gasteiger partial charge in [0.25, 0.3) is 0 Å². The van der Waals surface area contributed by atoms with E-state index in [4.69, 9.17) is 5.26 Å². The molecular weight excluding hydrogens is 407 g/mol. The van der Waals surface area contributed by atoms with Crippen molar-refractivity contribution in [3.8, 4) is 6.07 Å². The molecule has 1 atom stereocenters. The molecule has 6 nitrogen and oxygen atoms in total. The van der Waals surface area contributed by atoms with Crippen LogP contribution in [0.25, 0.3) is 0 Å². The smallest absolute Gasteiger partial charge is 0.331 e. The Morgan fingerprint density at radius 1 is 1.23 bits per heavy atom. The van der Waals surface area contributed by atoms with Crippen molar-refractivity contribution in [2.45, 2.75) is 51.5 Å². The maximum absolute atomic E-state index is 12.9. The number of nitrogens with zero attached hydrogens (tertiary/aromatic N) is 5. The Bertz CT molecular complexity index is 916. The number of carbonyl (C=O) groups is 1. The van der Waals surface area contributed by atoms with E-state index in [-0.39, 0.29) is 19.1 Å². The van der Waals surface area contributed by atoms with Crippen LogP contribution in [-0.4, -0.2) is 57.1 Å². The molecule has 2 aromatic rings. The van der Waals surface area contributed by atoms with Crippen molar-refractivity contribution in [2.75, 3.05) is 19.6 Å². The highest BCUT2D eigenvalue weighted by molar-refractivity contribution is 5.79. The highest BCUT2D eigenvalue weighted by Crippen LogP contribution is 2.23. The lowest BCUT2D eigenvalue weighted by Crippen LogP contribution is -2.57. The van der Waals surface area contributed by atoms with Crippen molar-refractivity contribution in [1.29, 1.82) is 5.26 Å². The summed E-state index contributed by atoms with van der Waals surface area (Å²) in [6, 6.07) is 9.24. The average molecular weight is 433 g/mol. The second kappa shape index (κ2) is 9.96. The molecule has 3 rings (SSSR count). The SMILES string of the molecule is CCCCC1CN(CC(F)(F)F)C(=O)CN1Cc1cncn1Cc1ccc(C#N)cc1. The molecular formula is C22H26F3N5O. The third-order valence-electron chi connectivity index (χ3n) is 5.50. The highest BCUT2D eigenvalue weighted by atomic mass is 19.4. The number of aromatic nitrogens is 2. The van der Waals surface area contributed by atoms with Crippen LogP contribution < -0.4 is 0 Å². The number of amides is 1. The summed E-state index contributed by atoms with van der Waals surface area (Å²) >= 11 is 0. The Hall–Kier alpha value is -2.86. The first-order chi connectivity index (χ1) is 14.8. The molecule has 0 saturated carbocycles. The fourth-order valence-corrected chi connectivity index (χ4v) is 3.85. The maximum atomic E-state index is 12.9. The largest absolute Gasteiger partial charge is 0.406 e. The van der Waals surface area contributed by atoms with Crippen molar-refractivity contribution in [1.82, 2.24) is 19.4 Å². The van der Waals surface area contributed by atoms with E-state index in [2.05, 4.69) is 11.1 Å². The highest BCUT2D eigenvalue weighted by Gasteiger charge is 2.38. The summed E-state index contributed by atoms with van der Waals surface area (Å²) in [5.41, 5.74) is 2.48. The Labute approximate surface area is 179 Å². The molecule has 166 valence electrons. The molecule has 0 radical (unpaired) electrons. The maximum Gasteiger partial charge on any atom is 0.406 e. The zero-order chi connectivity index (χ0) is 22.4. The van der Waals surface area contributed by atoms with Crippen molar-refractivity contribution < 1.29 is 18.0 Å². The van der Waals surface area contributed by atoms with Gasteiger partial charge in [-0.05, 0) is 24.1 Å². The molecule has 1 aliphatic rings. The van der Waals surface area contributed by atoms with Crippen LogP contribution in [0.4, 0.5) is 13.2 Å². The molecule has 1 fully saturated rings. The lowest BCUT2D eigenvalue weighted by molar-refractivity contribution is -0.168. The number of benzene rings is 1. The molecule has 0 N–H and O–H groups in total. The Kier molecular flexibility index (Phi) is 7.33. The van der Waals surface area contributed by atoms with Gasteiger partial charge in [0.1, 0.15) is 6.54 Å². The van der Waals surface area contributed by atoms with Gasteiger partial charge >= 0.3 is 6.18 Å². The average Bonchev–Trinajstić information content (AvgIpc) is 3.15. The first-order valence-corrected chi connectivity index (χ1v) is 10.4. The van der Waals surface area contributed by atoms with Crippen molar-refractivity contribution in [3.63, 3.8) is 0 Å². The number of alkyl halides is 3. The van der Waals surface area contributed by atoms with Crippen molar-refractivity contribution in [2.24, 2.45) is 0 Å². The number of nitriles is 1. The van der Waals surface area contributed by atoms with Crippen LogP contribution in [0, 0.1) is 11.3 Å². The van der Waals surface area contributed by atoms with Gasteiger partial charge in [0, 0.05) is 31.9 Å². The van der Waals surface area contributed by atoms with Gasteiger partial charge in [0.2, 0.25) is 5.91 Å². The minimum Gasteiger partial charge on any atom is -0.331 e. The molecule has 1 aliphatic heterocycles. The third-order valence-corrected chi connectivity index (χ3v) is 5.50. The van der Waals surface area contributed by atoms with Crippen LogP contribution in [0.2, 0.25) is 0 Å². The monoisotopic (exact) mass is 433 g/mol. The van der Waals surface area contributed by atoms with Crippen LogP contribution in [0.3, 0.4) is 0 Å². The second-order valence-corrected chi connectivity index (χ2v) is 7.91. The summed E-state index contributed by atoms with van der Waals surface area (Å²) in [7, 11) is 0. The molecule has 1 aromatic heterocycles. The number of rotatable bonds is 8. The van der Waals surface area contributed by atoms with Gasteiger partial charge in [-0.2, -0.15) is 18.4 Å². The molecule has 1 saturated heterocycles. The van der Waals surface area contributed by atoms with E-state index < -0.39 is 18.6 Å². The Morgan fingerprint density at radius 2 is 1.97 bits per heavy atom. The van der Waals surface area contributed by atoms with E-state index in [0.717, 1.165) is 35.4 Å². The van der Waals surface area contributed by atoms with E-state index >= 15 is 0 Å². The van der Waals surface area contributed by atoms with E-state index in [1.54, 1.807) is 24.7 Å². The van der Waals surface area contributed by atoms with Gasteiger partial charge in [-0.1, -0.05) is 31.9 Å². The number of piperazine rings is 1. The van der Waals surface area contributed by atoms with E-state index in [1.807, 2.05) is 28.5 Å². The summed E-state index contributed by atoms with van der Waals surface area (Å²) in [6.45, 7) is 1.89. The van der Waals surface area contributed by atoms with Crippen LogP contribution in [-0.2, 0) is 17.9 Å². The predicted molar refractivity (Wildman–Crippen MR) is 109 cm³/mol. The van der Waals surface area contributed by atoms with Gasteiger partial charge in [-0.15, -0.1) is 0 Å². The normalized spacial score (nSPS) is 17.7. The fourth-order valence-electron chi connectivity index (χ4n) is 3.85. The summed E-state index contributed by atoms with van der Waals surface area (Å²) in [6.07, 6.45) is 1.60.